The van der Waals surface area contributed by atoms with Crippen molar-refractivity contribution in [1.29, 1.82) is 0 Å². The van der Waals surface area contributed by atoms with Crippen LogP contribution in [-0.2, 0) is 0 Å². The van der Waals surface area contributed by atoms with E-state index in [4.69, 9.17) is 11.6 Å². The van der Waals surface area contributed by atoms with Crippen molar-refractivity contribution in [3.8, 4) is 0 Å². The Morgan fingerprint density at radius 3 is 2.59 bits per heavy atom. The SMILES string of the molecule is CC(C)n1c(Cl)nc2c(I)cc(I)cc2c1=O. The van der Waals surface area contributed by atoms with Crippen molar-refractivity contribution in [3.63, 3.8) is 0 Å². The van der Waals surface area contributed by atoms with Gasteiger partial charge < -0.3 is 0 Å². The van der Waals surface area contributed by atoms with Gasteiger partial charge >= 0.3 is 0 Å². The third-order valence-electron chi connectivity index (χ3n) is 2.40. The first-order chi connectivity index (χ1) is 7.91. The molecule has 0 spiro atoms. The summed E-state index contributed by atoms with van der Waals surface area (Å²) in [6.45, 7) is 3.83. The Morgan fingerprint density at radius 2 is 2.00 bits per heavy atom. The number of hydrogen-bond acceptors (Lipinski definition) is 2. The predicted octanol–water partition coefficient (Wildman–Crippen LogP) is 3.84. The molecule has 0 unspecified atom stereocenters. The number of benzene rings is 1. The van der Waals surface area contributed by atoms with Crippen LogP contribution in [0.1, 0.15) is 19.9 Å². The monoisotopic (exact) mass is 474 g/mol. The number of aromatic nitrogens is 2. The first-order valence-corrected chi connectivity index (χ1v) is 7.52. The highest BCUT2D eigenvalue weighted by atomic mass is 127. The van der Waals surface area contributed by atoms with E-state index in [1.54, 1.807) is 0 Å². The quantitative estimate of drug-likeness (QED) is 0.465. The van der Waals surface area contributed by atoms with E-state index < -0.39 is 0 Å². The summed E-state index contributed by atoms with van der Waals surface area (Å²) in [5, 5.41) is 0.871. The fraction of sp³-hybridized carbons (Fsp3) is 0.273. The zero-order chi connectivity index (χ0) is 12.7. The minimum atomic E-state index is -0.0774. The molecule has 90 valence electrons. The van der Waals surface area contributed by atoms with E-state index in [1.807, 2.05) is 26.0 Å². The maximum atomic E-state index is 12.3. The number of nitrogens with zero attached hydrogens (tertiary/aromatic N) is 2. The van der Waals surface area contributed by atoms with E-state index >= 15 is 0 Å². The maximum absolute atomic E-state index is 12.3. The largest absolute Gasteiger partial charge is 0.280 e. The summed E-state index contributed by atoms with van der Waals surface area (Å²) in [5.74, 6) is 0. The van der Waals surface area contributed by atoms with Crippen LogP contribution in [0, 0.1) is 7.14 Å². The molecular formula is C11H9ClI2N2O. The van der Waals surface area contributed by atoms with Crippen LogP contribution < -0.4 is 5.56 Å². The van der Waals surface area contributed by atoms with E-state index in [0.717, 1.165) is 7.14 Å². The minimum absolute atomic E-state index is 0.00225. The van der Waals surface area contributed by atoms with Crippen LogP contribution in [0.2, 0.25) is 5.28 Å². The molecule has 0 bridgehead atoms. The Hall–Kier alpha value is 0.110. The Bertz CT molecular complexity index is 652. The summed E-state index contributed by atoms with van der Waals surface area (Å²) in [7, 11) is 0. The third-order valence-corrected chi connectivity index (χ3v) is 4.11. The maximum Gasteiger partial charge on any atom is 0.262 e. The first-order valence-electron chi connectivity index (χ1n) is 4.98. The van der Waals surface area contributed by atoms with Gasteiger partial charge in [-0.1, -0.05) is 0 Å². The van der Waals surface area contributed by atoms with Crippen molar-refractivity contribution >= 4 is 67.7 Å². The van der Waals surface area contributed by atoms with Gasteiger partial charge in [0.2, 0.25) is 5.28 Å². The summed E-state index contributed by atoms with van der Waals surface area (Å²) in [5.41, 5.74) is 0.601. The van der Waals surface area contributed by atoms with Crippen LogP contribution in [-0.4, -0.2) is 9.55 Å². The molecule has 6 heteroatoms. The zero-order valence-corrected chi connectivity index (χ0v) is 14.2. The fourth-order valence-corrected chi connectivity index (χ4v) is 3.97. The molecule has 0 atom stereocenters. The lowest BCUT2D eigenvalue weighted by atomic mass is 10.2. The van der Waals surface area contributed by atoms with Gasteiger partial charge in [0.1, 0.15) is 0 Å². The van der Waals surface area contributed by atoms with Crippen molar-refractivity contribution in [2.45, 2.75) is 19.9 Å². The highest BCUT2D eigenvalue weighted by Gasteiger charge is 2.14. The molecule has 2 rings (SSSR count). The van der Waals surface area contributed by atoms with E-state index in [1.165, 1.54) is 4.57 Å². The van der Waals surface area contributed by atoms with E-state index in [9.17, 15) is 4.79 Å². The Balaban J connectivity index is 2.97. The average molecular weight is 474 g/mol. The molecule has 2 aromatic rings. The first kappa shape index (κ1) is 13.5. The predicted molar refractivity (Wildman–Crippen MR) is 86.8 cm³/mol. The van der Waals surface area contributed by atoms with Gasteiger partial charge in [-0.2, -0.15) is 0 Å². The molecule has 0 N–H and O–H groups in total. The second-order valence-electron chi connectivity index (χ2n) is 3.93. The molecule has 0 saturated heterocycles. The molecular weight excluding hydrogens is 465 g/mol. The number of halogens is 3. The van der Waals surface area contributed by atoms with E-state index in [-0.39, 0.29) is 16.9 Å². The number of rotatable bonds is 1. The lowest BCUT2D eigenvalue weighted by Gasteiger charge is -2.13. The van der Waals surface area contributed by atoms with Gasteiger partial charge in [0.15, 0.2) is 0 Å². The molecule has 0 aliphatic heterocycles. The summed E-state index contributed by atoms with van der Waals surface area (Å²) in [6, 6.07) is 3.83. The lowest BCUT2D eigenvalue weighted by Crippen LogP contribution is -2.24. The minimum Gasteiger partial charge on any atom is -0.280 e. The van der Waals surface area contributed by atoms with Gasteiger partial charge in [0.05, 0.1) is 10.9 Å². The molecule has 1 aromatic carbocycles. The van der Waals surface area contributed by atoms with Crippen LogP contribution >= 0.6 is 56.8 Å². The highest BCUT2D eigenvalue weighted by Crippen LogP contribution is 2.22. The van der Waals surface area contributed by atoms with Crippen molar-refractivity contribution in [2.24, 2.45) is 0 Å². The van der Waals surface area contributed by atoms with Gasteiger partial charge in [0, 0.05) is 13.2 Å². The summed E-state index contributed by atoms with van der Waals surface area (Å²) >= 11 is 10.4. The standard InChI is InChI=1S/C11H9ClI2N2O/c1-5(2)16-10(17)7-3-6(13)4-8(14)9(7)15-11(16)12/h3-5H,1-2H3. The smallest absolute Gasteiger partial charge is 0.262 e. The number of hydrogen-bond donors (Lipinski definition) is 0. The van der Waals surface area contributed by atoms with Crippen molar-refractivity contribution < 1.29 is 0 Å². The van der Waals surface area contributed by atoms with Crippen molar-refractivity contribution in [3.05, 3.63) is 34.9 Å². The molecule has 3 nitrogen and oxygen atoms in total. The highest BCUT2D eigenvalue weighted by molar-refractivity contribution is 14.1. The third kappa shape index (κ3) is 2.46. The molecule has 0 aliphatic rings. The summed E-state index contributed by atoms with van der Waals surface area (Å²) in [4.78, 5) is 16.6. The van der Waals surface area contributed by atoms with Crippen LogP contribution in [0.4, 0.5) is 0 Å². The van der Waals surface area contributed by atoms with Gasteiger partial charge in [-0.3, -0.25) is 9.36 Å². The molecule has 0 radical (unpaired) electrons. The molecule has 0 saturated carbocycles. The summed E-state index contributed by atoms with van der Waals surface area (Å²) in [6.07, 6.45) is 0. The van der Waals surface area contributed by atoms with Crippen molar-refractivity contribution in [1.82, 2.24) is 9.55 Å². The Labute approximate surface area is 131 Å². The lowest BCUT2D eigenvalue weighted by molar-refractivity contribution is 0.574. The van der Waals surface area contributed by atoms with E-state index in [0.29, 0.717) is 10.9 Å². The van der Waals surface area contributed by atoms with Crippen LogP contribution in [0.15, 0.2) is 16.9 Å². The fourth-order valence-electron chi connectivity index (χ4n) is 1.65. The Kier molecular flexibility index (Phi) is 3.99. The second kappa shape index (κ2) is 5.00. The van der Waals surface area contributed by atoms with Gasteiger partial charge in [-0.05, 0) is 82.8 Å². The normalized spacial score (nSPS) is 11.4. The molecule has 1 heterocycles. The van der Waals surface area contributed by atoms with E-state index in [2.05, 4.69) is 50.2 Å². The topological polar surface area (TPSA) is 34.9 Å². The molecule has 0 fully saturated rings. The van der Waals surface area contributed by atoms with Crippen LogP contribution in [0.3, 0.4) is 0 Å². The Morgan fingerprint density at radius 1 is 1.35 bits per heavy atom. The van der Waals surface area contributed by atoms with Crippen molar-refractivity contribution in [2.75, 3.05) is 0 Å². The van der Waals surface area contributed by atoms with Gasteiger partial charge in [0.25, 0.3) is 5.56 Å². The molecule has 1 aromatic heterocycles. The number of fused-ring (bicyclic) bond motifs is 1. The van der Waals surface area contributed by atoms with Crippen LogP contribution in [0.25, 0.3) is 10.9 Å². The van der Waals surface area contributed by atoms with Crippen LogP contribution in [0.5, 0.6) is 0 Å². The zero-order valence-electron chi connectivity index (χ0n) is 9.17. The molecule has 0 amide bonds. The van der Waals surface area contributed by atoms with Gasteiger partial charge in [-0.25, -0.2) is 4.98 Å². The van der Waals surface area contributed by atoms with Gasteiger partial charge in [-0.15, -0.1) is 0 Å². The molecule has 0 aliphatic carbocycles. The summed E-state index contributed by atoms with van der Waals surface area (Å²) < 4.78 is 3.48. The molecule has 17 heavy (non-hydrogen) atoms. The second-order valence-corrected chi connectivity index (χ2v) is 6.68. The average Bonchev–Trinajstić information content (AvgIpc) is 2.19.